The van der Waals surface area contributed by atoms with Gasteiger partial charge < -0.3 is 9.80 Å². The number of carbonyl (C=O) groups excluding carboxylic acids is 4. The molecule has 2 fully saturated rings. The Kier molecular flexibility index (Phi) is 5.29. The van der Waals surface area contributed by atoms with Gasteiger partial charge in [0.05, 0.1) is 6.42 Å². The third-order valence-corrected chi connectivity index (χ3v) is 5.65. The van der Waals surface area contributed by atoms with Crippen LogP contribution in [0.2, 0.25) is 0 Å². The van der Waals surface area contributed by atoms with Crippen molar-refractivity contribution in [3.05, 3.63) is 48.0 Å². The number of hydrogen-bond donors (Lipinski definition) is 0. The molecule has 0 spiro atoms. The molecule has 7 heteroatoms. The molecule has 0 saturated carbocycles. The van der Waals surface area contributed by atoms with Crippen molar-refractivity contribution < 1.29 is 19.2 Å². The van der Waals surface area contributed by atoms with Crippen LogP contribution >= 0.6 is 0 Å². The second kappa shape index (κ2) is 8.03. The number of rotatable bonds is 4. The van der Waals surface area contributed by atoms with Gasteiger partial charge in [0.1, 0.15) is 6.54 Å². The Morgan fingerprint density at radius 3 is 2.03 bits per heavy atom. The van der Waals surface area contributed by atoms with Crippen molar-refractivity contribution in [2.45, 2.75) is 19.3 Å². The summed E-state index contributed by atoms with van der Waals surface area (Å²) in [5.41, 5.74) is 0.998. The zero-order valence-corrected chi connectivity index (χ0v) is 16.2. The second-order valence-electron chi connectivity index (χ2n) is 7.45. The summed E-state index contributed by atoms with van der Waals surface area (Å²) in [6, 6.07) is 14.0. The molecular weight excluding hydrogens is 370 g/mol. The van der Waals surface area contributed by atoms with Crippen LogP contribution in [0.25, 0.3) is 10.8 Å². The molecular formula is C22H23N3O4. The van der Waals surface area contributed by atoms with E-state index in [0.717, 1.165) is 21.2 Å². The molecule has 150 valence electrons. The lowest BCUT2D eigenvalue weighted by Crippen LogP contribution is -2.53. The summed E-state index contributed by atoms with van der Waals surface area (Å²) in [6.45, 7) is 1.54. The summed E-state index contributed by atoms with van der Waals surface area (Å²) in [5.74, 6) is -0.771. The monoisotopic (exact) mass is 393 g/mol. The van der Waals surface area contributed by atoms with Crippen LogP contribution < -0.4 is 0 Å². The molecule has 0 unspecified atom stereocenters. The average Bonchev–Trinajstić information content (AvgIpc) is 3.06. The lowest BCUT2D eigenvalue weighted by molar-refractivity contribution is -0.147. The Hall–Kier alpha value is -3.22. The number of amides is 4. The molecule has 4 amide bonds. The fourth-order valence-corrected chi connectivity index (χ4v) is 3.96. The average molecular weight is 393 g/mol. The molecule has 2 aliphatic rings. The van der Waals surface area contributed by atoms with Gasteiger partial charge in [0, 0.05) is 39.0 Å². The maximum Gasteiger partial charge on any atom is 0.242 e. The Balaban J connectivity index is 1.33. The van der Waals surface area contributed by atoms with Crippen LogP contribution in [0.3, 0.4) is 0 Å². The van der Waals surface area contributed by atoms with Gasteiger partial charge in [0.2, 0.25) is 23.6 Å². The van der Waals surface area contributed by atoms with Gasteiger partial charge >= 0.3 is 0 Å². The molecule has 0 bridgehead atoms. The summed E-state index contributed by atoms with van der Waals surface area (Å²) in [5, 5.41) is 2.19. The molecule has 2 aromatic rings. The summed E-state index contributed by atoms with van der Waals surface area (Å²) >= 11 is 0. The van der Waals surface area contributed by atoms with E-state index in [0.29, 0.717) is 32.6 Å². The maximum absolute atomic E-state index is 12.8. The number of likely N-dealkylation sites (tertiary alicyclic amines) is 1. The number of piperazine rings is 1. The Morgan fingerprint density at radius 1 is 0.759 bits per heavy atom. The van der Waals surface area contributed by atoms with Crippen molar-refractivity contribution in [3.8, 4) is 0 Å². The third-order valence-electron chi connectivity index (χ3n) is 5.65. The van der Waals surface area contributed by atoms with Crippen molar-refractivity contribution in [2.24, 2.45) is 0 Å². The van der Waals surface area contributed by atoms with Crippen molar-refractivity contribution in [2.75, 3.05) is 32.7 Å². The number of hydrogen-bond acceptors (Lipinski definition) is 4. The second-order valence-corrected chi connectivity index (χ2v) is 7.45. The number of fused-ring (bicyclic) bond motifs is 1. The van der Waals surface area contributed by atoms with Gasteiger partial charge in [0.25, 0.3) is 0 Å². The van der Waals surface area contributed by atoms with E-state index in [1.807, 2.05) is 42.5 Å². The van der Waals surface area contributed by atoms with Crippen LogP contribution in [0.15, 0.2) is 42.5 Å². The van der Waals surface area contributed by atoms with Gasteiger partial charge in [-0.05, 0) is 16.3 Å². The molecule has 0 atom stereocenters. The van der Waals surface area contributed by atoms with E-state index in [-0.39, 0.29) is 43.0 Å². The first-order valence-electron chi connectivity index (χ1n) is 9.88. The van der Waals surface area contributed by atoms with Gasteiger partial charge in [-0.25, -0.2) is 0 Å². The Labute approximate surface area is 168 Å². The largest absolute Gasteiger partial charge is 0.339 e. The predicted molar refractivity (Wildman–Crippen MR) is 107 cm³/mol. The summed E-state index contributed by atoms with van der Waals surface area (Å²) in [7, 11) is 0. The molecule has 2 saturated heterocycles. The Bertz CT molecular complexity index is 958. The van der Waals surface area contributed by atoms with Crippen molar-refractivity contribution in [3.63, 3.8) is 0 Å². The lowest BCUT2D eigenvalue weighted by atomic mass is 10.0. The first-order valence-corrected chi connectivity index (χ1v) is 9.88. The highest BCUT2D eigenvalue weighted by Crippen LogP contribution is 2.20. The summed E-state index contributed by atoms with van der Waals surface area (Å²) in [4.78, 5) is 53.0. The van der Waals surface area contributed by atoms with Crippen LogP contribution in [-0.4, -0.2) is 71.1 Å². The fourth-order valence-electron chi connectivity index (χ4n) is 3.96. The molecule has 29 heavy (non-hydrogen) atoms. The van der Waals surface area contributed by atoms with Gasteiger partial charge in [-0.3, -0.25) is 24.1 Å². The first kappa shape index (κ1) is 19.1. The van der Waals surface area contributed by atoms with Gasteiger partial charge in [-0.15, -0.1) is 0 Å². The van der Waals surface area contributed by atoms with Crippen LogP contribution in [0.5, 0.6) is 0 Å². The molecule has 0 N–H and O–H groups in total. The smallest absolute Gasteiger partial charge is 0.242 e. The van der Waals surface area contributed by atoms with E-state index in [1.165, 1.54) is 0 Å². The van der Waals surface area contributed by atoms with E-state index < -0.39 is 0 Å². The first-order chi connectivity index (χ1) is 14.0. The minimum absolute atomic E-state index is 0.0401. The number of benzene rings is 2. The van der Waals surface area contributed by atoms with Crippen molar-refractivity contribution >= 4 is 34.4 Å². The highest BCUT2D eigenvalue weighted by Gasteiger charge is 2.33. The number of nitrogens with zero attached hydrogens (tertiary/aromatic N) is 3. The highest BCUT2D eigenvalue weighted by molar-refractivity contribution is 6.04. The molecule has 2 aliphatic heterocycles. The zero-order chi connectivity index (χ0) is 20.4. The van der Waals surface area contributed by atoms with Gasteiger partial charge in [0.15, 0.2) is 0 Å². The summed E-state index contributed by atoms with van der Waals surface area (Å²) < 4.78 is 0. The third kappa shape index (κ3) is 3.99. The van der Waals surface area contributed by atoms with E-state index >= 15 is 0 Å². The molecule has 4 rings (SSSR count). The normalized spacial score (nSPS) is 17.3. The van der Waals surface area contributed by atoms with E-state index in [4.69, 9.17) is 0 Å². The van der Waals surface area contributed by atoms with E-state index in [1.54, 1.807) is 9.80 Å². The summed E-state index contributed by atoms with van der Waals surface area (Å²) in [6.07, 6.45) is 0.692. The highest BCUT2D eigenvalue weighted by atomic mass is 16.2. The van der Waals surface area contributed by atoms with Gasteiger partial charge in [-0.2, -0.15) is 0 Å². The van der Waals surface area contributed by atoms with Crippen molar-refractivity contribution in [1.29, 1.82) is 0 Å². The molecule has 2 aromatic carbocycles. The molecule has 0 radical (unpaired) electrons. The standard InChI is InChI=1S/C22H23N3O4/c26-19-8-9-20(27)25(19)15-22(29)24-12-10-23(11-13-24)21(28)14-17-6-3-5-16-4-1-2-7-18(16)17/h1-7H,8-15H2. The topological polar surface area (TPSA) is 78.0 Å². The predicted octanol–water partition coefficient (Wildman–Crippen LogP) is 1.20. The fraction of sp³-hybridized carbons (Fsp3) is 0.364. The SMILES string of the molecule is O=C(Cc1cccc2ccccc12)N1CCN(C(=O)CN2C(=O)CCC2=O)CC1. The van der Waals surface area contributed by atoms with Crippen LogP contribution in [0, 0.1) is 0 Å². The van der Waals surface area contributed by atoms with E-state index in [9.17, 15) is 19.2 Å². The zero-order valence-electron chi connectivity index (χ0n) is 16.2. The molecule has 0 aliphatic carbocycles. The van der Waals surface area contributed by atoms with Crippen LogP contribution in [-0.2, 0) is 25.6 Å². The quantitative estimate of drug-likeness (QED) is 0.732. The Morgan fingerprint density at radius 2 is 1.34 bits per heavy atom. The molecule has 0 aromatic heterocycles. The number of carbonyl (C=O) groups is 4. The van der Waals surface area contributed by atoms with Gasteiger partial charge in [-0.1, -0.05) is 42.5 Å². The maximum atomic E-state index is 12.8. The van der Waals surface area contributed by atoms with Crippen molar-refractivity contribution in [1.82, 2.24) is 14.7 Å². The van der Waals surface area contributed by atoms with Crippen LogP contribution in [0.1, 0.15) is 18.4 Å². The molecule has 2 heterocycles. The van der Waals surface area contributed by atoms with E-state index in [2.05, 4.69) is 0 Å². The molecule has 7 nitrogen and oxygen atoms in total. The minimum Gasteiger partial charge on any atom is -0.339 e. The number of imide groups is 1. The lowest BCUT2D eigenvalue weighted by Gasteiger charge is -2.35. The minimum atomic E-state index is -0.285. The van der Waals surface area contributed by atoms with Crippen LogP contribution in [0.4, 0.5) is 0 Å².